The smallest absolute Gasteiger partial charge is 0.332 e. The van der Waals surface area contributed by atoms with Crippen molar-refractivity contribution >= 4 is 16.9 Å². The van der Waals surface area contributed by atoms with E-state index in [1.807, 2.05) is 54.1 Å². The predicted molar refractivity (Wildman–Crippen MR) is 148 cm³/mol. The van der Waals surface area contributed by atoms with Gasteiger partial charge in [0.15, 0.2) is 11.2 Å². The van der Waals surface area contributed by atoms with Crippen molar-refractivity contribution in [2.75, 3.05) is 25.4 Å². The van der Waals surface area contributed by atoms with Crippen LogP contribution >= 0.6 is 0 Å². The number of hydrogen-bond donors (Lipinski definition) is 1. The molecule has 0 radical (unpaired) electrons. The van der Waals surface area contributed by atoms with E-state index in [4.69, 9.17) is 10.7 Å². The largest absolute Gasteiger partial charge is 0.399 e. The molecule has 0 atom stereocenters. The number of nitrogen functional groups attached to an aromatic ring is 1. The van der Waals surface area contributed by atoms with Crippen LogP contribution in [0.5, 0.6) is 0 Å². The van der Waals surface area contributed by atoms with Gasteiger partial charge in [0.1, 0.15) is 5.82 Å². The molecule has 0 aliphatic heterocycles. The lowest BCUT2D eigenvalue weighted by molar-refractivity contribution is 0.290. The molecule has 2 N–H and O–H groups in total. The van der Waals surface area contributed by atoms with Crippen LogP contribution in [-0.4, -0.2) is 48.2 Å². The van der Waals surface area contributed by atoms with Crippen molar-refractivity contribution in [1.82, 2.24) is 28.6 Å². The van der Waals surface area contributed by atoms with Crippen molar-refractivity contribution in [3.8, 4) is 0 Å². The van der Waals surface area contributed by atoms with Crippen molar-refractivity contribution in [2.24, 2.45) is 0 Å². The summed E-state index contributed by atoms with van der Waals surface area (Å²) in [4.78, 5) is 38.8. The molecule has 0 aliphatic carbocycles. The number of aryl methyl sites for hydroxylation is 2. The SMILES string of the molecule is CCCn1c(=O)c2c(nc(Cc3cccnc3)n2CCN(CC)CC)n(CCc2ccc(N)cc2)c1=O. The van der Waals surface area contributed by atoms with Crippen LogP contribution < -0.4 is 17.0 Å². The normalized spacial score (nSPS) is 11.6. The third-order valence-electron chi connectivity index (χ3n) is 6.86. The van der Waals surface area contributed by atoms with E-state index in [1.165, 1.54) is 4.57 Å². The molecule has 0 amide bonds. The summed E-state index contributed by atoms with van der Waals surface area (Å²) in [5, 5.41) is 0. The minimum atomic E-state index is -0.309. The lowest BCUT2D eigenvalue weighted by atomic mass is 10.1. The van der Waals surface area contributed by atoms with Crippen molar-refractivity contribution in [3.63, 3.8) is 0 Å². The van der Waals surface area contributed by atoms with Crippen LogP contribution in [0.1, 0.15) is 44.1 Å². The molecular formula is C28H37N7O2. The van der Waals surface area contributed by atoms with Crippen molar-refractivity contribution < 1.29 is 0 Å². The van der Waals surface area contributed by atoms with Crippen LogP contribution in [0.3, 0.4) is 0 Å². The van der Waals surface area contributed by atoms with Crippen LogP contribution in [0.4, 0.5) is 5.69 Å². The van der Waals surface area contributed by atoms with Gasteiger partial charge >= 0.3 is 5.69 Å². The first-order valence-corrected chi connectivity index (χ1v) is 13.1. The number of nitrogens with two attached hydrogens (primary N) is 1. The zero-order valence-electron chi connectivity index (χ0n) is 22.1. The molecule has 9 heteroatoms. The monoisotopic (exact) mass is 503 g/mol. The number of anilines is 1. The highest BCUT2D eigenvalue weighted by atomic mass is 16.2. The second kappa shape index (κ2) is 12.0. The lowest BCUT2D eigenvalue weighted by Crippen LogP contribution is -2.41. The molecule has 0 fully saturated rings. The zero-order chi connectivity index (χ0) is 26.4. The van der Waals surface area contributed by atoms with E-state index in [2.05, 4.69) is 23.7 Å². The Morgan fingerprint density at radius 3 is 2.30 bits per heavy atom. The first-order chi connectivity index (χ1) is 18.0. The summed E-state index contributed by atoms with van der Waals surface area (Å²) in [7, 11) is 0. The van der Waals surface area contributed by atoms with Gasteiger partial charge in [-0.05, 0) is 55.3 Å². The first-order valence-electron chi connectivity index (χ1n) is 13.1. The van der Waals surface area contributed by atoms with Crippen LogP contribution in [0, 0.1) is 0 Å². The molecule has 0 unspecified atom stereocenters. The molecule has 3 aromatic heterocycles. The predicted octanol–water partition coefficient (Wildman–Crippen LogP) is 2.92. The van der Waals surface area contributed by atoms with E-state index in [9.17, 15) is 9.59 Å². The summed E-state index contributed by atoms with van der Waals surface area (Å²) in [6.07, 6.45) is 5.40. The van der Waals surface area contributed by atoms with E-state index >= 15 is 0 Å². The number of pyridine rings is 1. The molecule has 0 saturated heterocycles. The van der Waals surface area contributed by atoms with Gasteiger partial charge < -0.3 is 15.2 Å². The third-order valence-corrected chi connectivity index (χ3v) is 6.86. The number of imidazole rings is 1. The highest BCUT2D eigenvalue weighted by Crippen LogP contribution is 2.17. The highest BCUT2D eigenvalue weighted by molar-refractivity contribution is 5.71. The van der Waals surface area contributed by atoms with Gasteiger partial charge in [-0.3, -0.25) is 18.9 Å². The maximum absolute atomic E-state index is 13.7. The van der Waals surface area contributed by atoms with Gasteiger partial charge in [-0.15, -0.1) is 0 Å². The molecule has 4 aromatic rings. The molecule has 9 nitrogen and oxygen atoms in total. The van der Waals surface area contributed by atoms with Gasteiger partial charge in [0.25, 0.3) is 5.56 Å². The van der Waals surface area contributed by atoms with E-state index in [0.717, 1.165) is 36.6 Å². The van der Waals surface area contributed by atoms with Crippen LogP contribution in [0.15, 0.2) is 58.4 Å². The summed E-state index contributed by atoms with van der Waals surface area (Å²) >= 11 is 0. The molecule has 1 aromatic carbocycles. The number of aromatic nitrogens is 5. The van der Waals surface area contributed by atoms with Crippen molar-refractivity contribution in [3.05, 3.63) is 86.6 Å². The molecule has 3 heterocycles. The minimum Gasteiger partial charge on any atom is -0.399 e. The average molecular weight is 504 g/mol. The molecule has 37 heavy (non-hydrogen) atoms. The minimum absolute atomic E-state index is 0.268. The van der Waals surface area contributed by atoms with E-state index in [0.29, 0.717) is 55.7 Å². The van der Waals surface area contributed by atoms with Gasteiger partial charge in [-0.25, -0.2) is 9.78 Å². The fourth-order valence-electron chi connectivity index (χ4n) is 4.73. The Labute approximate surface area is 217 Å². The van der Waals surface area contributed by atoms with E-state index in [1.54, 1.807) is 10.8 Å². The Hall–Kier alpha value is -3.72. The zero-order valence-corrected chi connectivity index (χ0v) is 22.1. The number of benzene rings is 1. The Kier molecular flexibility index (Phi) is 8.55. The Morgan fingerprint density at radius 2 is 1.65 bits per heavy atom. The molecule has 0 bridgehead atoms. The number of fused-ring (bicyclic) bond motifs is 1. The van der Waals surface area contributed by atoms with Crippen molar-refractivity contribution in [1.29, 1.82) is 0 Å². The molecular weight excluding hydrogens is 466 g/mol. The summed E-state index contributed by atoms with van der Waals surface area (Å²) in [6, 6.07) is 11.6. The van der Waals surface area contributed by atoms with E-state index < -0.39 is 0 Å². The highest BCUT2D eigenvalue weighted by Gasteiger charge is 2.22. The van der Waals surface area contributed by atoms with Gasteiger partial charge in [-0.1, -0.05) is 39.0 Å². The molecule has 0 saturated carbocycles. The second-order valence-electron chi connectivity index (χ2n) is 9.30. The topological polar surface area (TPSA) is 104 Å². The summed E-state index contributed by atoms with van der Waals surface area (Å²) in [6.45, 7) is 10.3. The Morgan fingerprint density at radius 1 is 0.892 bits per heavy atom. The van der Waals surface area contributed by atoms with Crippen LogP contribution in [-0.2, 0) is 32.5 Å². The summed E-state index contributed by atoms with van der Waals surface area (Å²) in [5.74, 6) is 0.766. The van der Waals surface area contributed by atoms with Gasteiger partial charge in [0.05, 0.1) is 0 Å². The van der Waals surface area contributed by atoms with Crippen molar-refractivity contribution in [2.45, 2.75) is 59.7 Å². The number of hydrogen-bond acceptors (Lipinski definition) is 6. The maximum atomic E-state index is 13.7. The summed E-state index contributed by atoms with van der Waals surface area (Å²) < 4.78 is 5.06. The number of likely N-dealkylation sites (N-methyl/N-ethyl adjacent to an activating group) is 1. The first kappa shape index (κ1) is 26.3. The average Bonchev–Trinajstić information content (AvgIpc) is 3.26. The number of nitrogens with zero attached hydrogens (tertiary/aromatic N) is 6. The van der Waals surface area contributed by atoms with Crippen LogP contribution in [0.2, 0.25) is 0 Å². The van der Waals surface area contributed by atoms with Gasteiger partial charge in [-0.2, -0.15) is 0 Å². The Bertz CT molecular complexity index is 1430. The molecule has 4 rings (SSSR count). The number of rotatable bonds is 12. The van der Waals surface area contributed by atoms with Gasteiger partial charge in [0.2, 0.25) is 0 Å². The lowest BCUT2D eigenvalue weighted by Gasteiger charge is -2.19. The quantitative estimate of drug-likeness (QED) is 0.298. The third kappa shape index (κ3) is 5.83. The van der Waals surface area contributed by atoms with Gasteiger partial charge in [0, 0.05) is 50.7 Å². The summed E-state index contributed by atoms with van der Waals surface area (Å²) in [5.41, 5.74) is 8.99. The standard InChI is InChI=1S/C28H37N7O2/c1-4-15-35-27(36)25-26(34(28(35)37)16-13-21-9-11-23(29)12-10-21)31-24(19-22-8-7-14-30-20-22)33(25)18-17-32(5-2)6-3/h7-12,14,20H,4-6,13,15-19,29H2,1-3H3. The second-order valence-corrected chi connectivity index (χ2v) is 9.30. The molecule has 0 spiro atoms. The molecule has 0 aliphatic rings. The fraction of sp³-hybridized carbons (Fsp3) is 0.429. The van der Waals surface area contributed by atoms with Crippen LogP contribution in [0.25, 0.3) is 11.2 Å². The van der Waals surface area contributed by atoms with E-state index in [-0.39, 0.29) is 11.2 Å². The fourth-order valence-corrected chi connectivity index (χ4v) is 4.73. The maximum Gasteiger partial charge on any atom is 0.332 e. The molecule has 196 valence electrons. The Balaban J connectivity index is 1.86.